The minimum Gasteiger partial charge on any atom is -0.478 e. The van der Waals surface area contributed by atoms with Gasteiger partial charge < -0.3 is 5.11 Å². The molecule has 0 aliphatic heterocycles. The van der Waals surface area contributed by atoms with E-state index in [9.17, 15) is 9.18 Å². The van der Waals surface area contributed by atoms with Crippen molar-refractivity contribution in [3.05, 3.63) is 58.9 Å². The Morgan fingerprint density at radius 2 is 2.10 bits per heavy atom. The second kappa shape index (κ2) is 5.83. The van der Waals surface area contributed by atoms with Crippen LogP contribution in [0, 0.1) is 5.82 Å². The molecule has 6 heteroatoms. The molecule has 0 spiro atoms. The van der Waals surface area contributed by atoms with Gasteiger partial charge in [-0.3, -0.25) is 0 Å². The maximum Gasteiger partial charge on any atom is 0.335 e. The van der Waals surface area contributed by atoms with E-state index in [1.54, 1.807) is 11.3 Å². The predicted octanol–water partition coefficient (Wildman–Crippen LogP) is 4.43. The number of fused-ring (bicyclic) bond motifs is 1. The van der Waals surface area contributed by atoms with E-state index in [0.29, 0.717) is 10.6 Å². The number of aromatic nitrogens is 1. The van der Waals surface area contributed by atoms with Gasteiger partial charge in [0.15, 0.2) is 0 Å². The van der Waals surface area contributed by atoms with Gasteiger partial charge in [0.05, 0.1) is 21.5 Å². The van der Waals surface area contributed by atoms with E-state index in [4.69, 9.17) is 5.11 Å². The van der Waals surface area contributed by atoms with Gasteiger partial charge >= 0.3 is 5.97 Å². The van der Waals surface area contributed by atoms with Crippen LogP contribution in [0.15, 0.2) is 47.4 Å². The summed E-state index contributed by atoms with van der Waals surface area (Å²) in [6, 6.07) is 11.6. The molecule has 0 radical (unpaired) electrons. The Morgan fingerprint density at radius 3 is 2.86 bits per heavy atom. The number of halogens is 1. The number of thiazole rings is 1. The predicted molar refractivity (Wildman–Crippen MR) is 82.5 cm³/mol. The first-order valence-corrected chi connectivity index (χ1v) is 7.94. The van der Waals surface area contributed by atoms with Crippen molar-refractivity contribution in [3.63, 3.8) is 0 Å². The quantitative estimate of drug-likeness (QED) is 0.723. The zero-order valence-corrected chi connectivity index (χ0v) is 12.4. The molecule has 3 rings (SSSR count). The molecule has 1 aromatic heterocycles. The van der Waals surface area contributed by atoms with E-state index >= 15 is 0 Å². The lowest BCUT2D eigenvalue weighted by atomic mass is 10.2. The fourth-order valence-electron chi connectivity index (χ4n) is 1.87. The van der Waals surface area contributed by atoms with Crippen molar-refractivity contribution in [1.29, 1.82) is 0 Å². The van der Waals surface area contributed by atoms with Gasteiger partial charge in [-0.25, -0.2) is 14.2 Å². The number of thioether (sulfide) groups is 1. The highest BCUT2D eigenvalue weighted by Crippen LogP contribution is 2.30. The summed E-state index contributed by atoms with van der Waals surface area (Å²) in [7, 11) is 0. The minimum absolute atomic E-state index is 0.0863. The van der Waals surface area contributed by atoms with E-state index in [-0.39, 0.29) is 5.56 Å². The van der Waals surface area contributed by atoms with Crippen LogP contribution in [0.25, 0.3) is 10.2 Å². The molecule has 0 unspecified atom stereocenters. The van der Waals surface area contributed by atoms with Crippen molar-refractivity contribution in [2.24, 2.45) is 0 Å². The Hall–Kier alpha value is -1.92. The van der Waals surface area contributed by atoms with E-state index in [1.807, 2.05) is 24.3 Å². The van der Waals surface area contributed by atoms with Gasteiger partial charge in [-0.1, -0.05) is 12.1 Å². The first kappa shape index (κ1) is 14.0. The monoisotopic (exact) mass is 319 g/mol. The highest BCUT2D eigenvalue weighted by atomic mass is 32.2. The molecular weight excluding hydrogens is 309 g/mol. The van der Waals surface area contributed by atoms with Crippen LogP contribution in [0.2, 0.25) is 0 Å². The molecule has 0 saturated carbocycles. The Labute approximate surface area is 128 Å². The lowest BCUT2D eigenvalue weighted by Gasteiger charge is -2.03. The second-order valence-corrected chi connectivity index (χ2v) is 6.45. The first-order chi connectivity index (χ1) is 10.1. The summed E-state index contributed by atoms with van der Waals surface area (Å²) in [5.74, 6) is -0.956. The molecule has 0 aliphatic rings. The van der Waals surface area contributed by atoms with Gasteiger partial charge in [0.2, 0.25) is 0 Å². The van der Waals surface area contributed by atoms with Gasteiger partial charge in [0.25, 0.3) is 0 Å². The van der Waals surface area contributed by atoms with Crippen LogP contribution in [-0.2, 0) is 5.75 Å². The van der Waals surface area contributed by atoms with Crippen molar-refractivity contribution in [3.8, 4) is 0 Å². The smallest absolute Gasteiger partial charge is 0.335 e. The topological polar surface area (TPSA) is 50.2 Å². The van der Waals surface area contributed by atoms with Crippen LogP contribution in [0.3, 0.4) is 0 Å². The molecule has 0 atom stereocenters. The van der Waals surface area contributed by atoms with Crippen molar-refractivity contribution >= 4 is 39.3 Å². The number of nitrogens with zero attached hydrogens (tertiary/aromatic N) is 1. The number of benzene rings is 2. The van der Waals surface area contributed by atoms with Crippen LogP contribution in [0.1, 0.15) is 15.4 Å². The molecule has 0 saturated heterocycles. The fourth-order valence-corrected chi connectivity index (χ4v) is 3.80. The summed E-state index contributed by atoms with van der Waals surface area (Å²) in [5, 5.41) is 9.83. The third-order valence-corrected chi connectivity index (χ3v) is 5.13. The molecule has 2 aromatic carbocycles. The second-order valence-electron chi connectivity index (χ2n) is 4.31. The zero-order valence-electron chi connectivity index (χ0n) is 10.7. The van der Waals surface area contributed by atoms with Gasteiger partial charge in [0.1, 0.15) is 10.8 Å². The van der Waals surface area contributed by atoms with Crippen LogP contribution in [0.5, 0.6) is 0 Å². The summed E-state index contributed by atoms with van der Waals surface area (Å²) in [5.41, 5.74) is 1.01. The Balaban J connectivity index is 1.80. The van der Waals surface area contributed by atoms with E-state index in [2.05, 4.69) is 4.98 Å². The molecule has 0 bridgehead atoms. The van der Waals surface area contributed by atoms with E-state index in [0.717, 1.165) is 15.2 Å². The molecule has 0 fully saturated rings. The average Bonchev–Trinajstić information content (AvgIpc) is 2.89. The number of hydrogen-bond donors (Lipinski definition) is 1. The normalized spacial score (nSPS) is 10.9. The van der Waals surface area contributed by atoms with Crippen LogP contribution < -0.4 is 0 Å². The maximum atomic E-state index is 13.7. The Bertz CT molecular complexity index is 783. The molecule has 0 aliphatic carbocycles. The summed E-state index contributed by atoms with van der Waals surface area (Å²) >= 11 is 2.82. The van der Waals surface area contributed by atoms with Gasteiger partial charge in [-0.15, -0.1) is 23.1 Å². The third-order valence-electron chi connectivity index (χ3n) is 2.87. The van der Waals surface area contributed by atoms with Gasteiger partial charge in [0, 0.05) is 4.90 Å². The number of aromatic carboxylic acids is 1. The highest BCUT2D eigenvalue weighted by molar-refractivity contribution is 7.98. The molecule has 0 amide bonds. The maximum absolute atomic E-state index is 13.7. The molecule has 3 nitrogen and oxygen atoms in total. The molecule has 106 valence electrons. The molecule has 3 aromatic rings. The standard InChI is InChI=1S/C15H10FNO2S2/c16-10-6-5-9(15(18)19)7-13(10)20-8-14-17-11-3-1-2-4-12(11)21-14/h1-7H,8H2,(H,18,19). The molecular formula is C15H10FNO2S2. The number of hydrogen-bond acceptors (Lipinski definition) is 4. The van der Waals surface area contributed by atoms with E-state index in [1.165, 1.54) is 30.0 Å². The summed E-state index contributed by atoms with van der Waals surface area (Å²) in [6.45, 7) is 0. The summed E-state index contributed by atoms with van der Waals surface area (Å²) in [4.78, 5) is 15.7. The first-order valence-electron chi connectivity index (χ1n) is 6.13. The lowest BCUT2D eigenvalue weighted by Crippen LogP contribution is -1.97. The number of rotatable bonds is 4. The summed E-state index contributed by atoms with van der Waals surface area (Å²) in [6.07, 6.45) is 0. The van der Waals surface area contributed by atoms with Crippen molar-refractivity contribution < 1.29 is 14.3 Å². The van der Waals surface area contributed by atoms with Crippen LogP contribution in [-0.4, -0.2) is 16.1 Å². The lowest BCUT2D eigenvalue weighted by molar-refractivity contribution is 0.0696. The molecule has 1 heterocycles. The van der Waals surface area contributed by atoms with Crippen molar-refractivity contribution in [2.45, 2.75) is 10.6 Å². The van der Waals surface area contributed by atoms with Crippen LogP contribution >= 0.6 is 23.1 Å². The number of carboxylic acid groups (broad SMARTS) is 1. The van der Waals surface area contributed by atoms with Gasteiger partial charge in [-0.05, 0) is 30.3 Å². The highest BCUT2D eigenvalue weighted by Gasteiger charge is 2.10. The Kier molecular flexibility index (Phi) is 3.90. The third kappa shape index (κ3) is 3.06. The number of para-hydroxylation sites is 1. The van der Waals surface area contributed by atoms with E-state index < -0.39 is 11.8 Å². The molecule has 1 N–H and O–H groups in total. The fraction of sp³-hybridized carbons (Fsp3) is 0.0667. The average molecular weight is 319 g/mol. The zero-order chi connectivity index (χ0) is 14.8. The molecule has 21 heavy (non-hydrogen) atoms. The Morgan fingerprint density at radius 1 is 1.29 bits per heavy atom. The largest absolute Gasteiger partial charge is 0.478 e. The number of carboxylic acids is 1. The SMILES string of the molecule is O=C(O)c1ccc(F)c(SCc2nc3ccccc3s2)c1. The van der Waals surface area contributed by atoms with Crippen LogP contribution in [0.4, 0.5) is 4.39 Å². The van der Waals surface area contributed by atoms with Gasteiger partial charge in [-0.2, -0.15) is 0 Å². The van der Waals surface area contributed by atoms with Crippen molar-refractivity contribution in [1.82, 2.24) is 4.98 Å². The number of carbonyl (C=O) groups is 1. The summed E-state index contributed by atoms with van der Waals surface area (Å²) < 4.78 is 14.8. The minimum atomic E-state index is -1.06. The van der Waals surface area contributed by atoms with Crippen molar-refractivity contribution in [2.75, 3.05) is 0 Å².